The van der Waals surface area contributed by atoms with Crippen molar-refractivity contribution in [2.75, 3.05) is 7.05 Å². The van der Waals surface area contributed by atoms with E-state index in [2.05, 4.69) is 19.2 Å². The highest BCUT2D eigenvalue weighted by Crippen LogP contribution is 2.01. The van der Waals surface area contributed by atoms with Crippen LogP contribution in [0.2, 0.25) is 0 Å². The summed E-state index contributed by atoms with van der Waals surface area (Å²) in [7, 11) is 1.67. The highest BCUT2D eigenvalue weighted by Gasteiger charge is 1.98. The predicted molar refractivity (Wildman–Crippen MR) is 38.1 cm³/mol. The Hall–Kier alpha value is -0.530. The van der Waals surface area contributed by atoms with Crippen molar-refractivity contribution in [3.8, 4) is 0 Å². The Balaban J connectivity index is 3.17. The molecular weight excluding hydrogens is 114 g/mol. The summed E-state index contributed by atoms with van der Waals surface area (Å²) in [6.45, 7) is 4.23. The zero-order chi connectivity index (χ0) is 7.28. The van der Waals surface area contributed by atoms with Crippen LogP contribution in [-0.2, 0) is 4.79 Å². The van der Waals surface area contributed by atoms with Crippen molar-refractivity contribution in [3.05, 3.63) is 0 Å². The summed E-state index contributed by atoms with van der Waals surface area (Å²) in [4.78, 5) is 10.6. The Morgan fingerprint density at radius 2 is 2.11 bits per heavy atom. The van der Waals surface area contributed by atoms with E-state index < -0.39 is 0 Å². The van der Waals surface area contributed by atoms with Crippen molar-refractivity contribution >= 4 is 5.91 Å². The maximum absolute atomic E-state index is 10.6. The van der Waals surface area contributed by atoms with Gasteiger partial charge in [-0.3, -0.25) is 4.79 Å². The van der Waals surface area contributed by atoms with E-state index in [4.69, 9.17) is 0 Å². The molecule has 0 rings (SSSR count). The van der Waals surface area contributed by atoms with Crippen LogP contribution in [0.25, 0.3) is 0 Å². The Morgan fingerprint density at radius 1 is 1.56 bits per heavy atom. The molecule has 0 radical (unpaired) electrons. The van der Waals surface area contributed by atoms with E-state index >= 15 is 0 Å². The molecule has 1 amide bonds. The molecule has 0 heterocycles. The lowest BCUT2D eigenvalue weighted by atomic mass is 10.1. The quantitative estimate of drug-likeness (QED) is 0.609. The molecule has 0 saturated carbocycles. The van der Waals surface area contributed by atoms with Gasteiger partial charge in [-0.1, -0.05) is 13.8 Å². The van der Waals surface area contributed by atoms with Crippen molar-refractivity contribution in [2.45, 2.75) is 26.7 Å². The maximum Gasteiger partial charge on any atom is 0.219 e. The Labute approximate surface area is 56.6 Å². The molecule has 0 saturated heterocycles. The first-order valence-electron chi connectivity index (χ1n) is 3.37. The van der Waals surface area contributed by atoms with Crippen LogP contribution >= 0.6 is 0 Å². The van der Waals surface area contributed by atoms with E-state index in [9.17, 15) is 4.79 Å². The molecule has 0 fully saturated rings. The molecule has 0 aliphatic heterocycles. The molecule has 1 N–H and O–H groups in total. The summed E-state index contributed by atoms with van der Waals surface area (Å²) in [5, 5.41) is 2.58. The van der Waals surface area contributed by atoms with Gasteiger partial charge >= 0.3 is 0 Å². The van der Waals surface area contributed by atoms with Gasteiger partial charge in [-0.05, 0) is 12.3 Å². The third-order valence-electron chi connectivity index (χ3n) is 1.23. The van der Waals surface area contributed by atoms with E-state index in [-0.39, 0.29) is 5.91 Å². The van der Waals surface area contributed by atoms with Crippen LogP contribution in [0.5, 0.6) is 0 Å². The number of carbonyl (C=O) groups excluding carboxylic acids is 1. The lowest BCUT2D eigenvalue weighted by Gasteiger charge is -2.01. The van der Waals surface area contributed by atoms with Gasteiger partial charge < -0.3 is 5.32 Å². The van der Waals surface area contributed by atoms with Gasteiger partial charge in [-0.25, -0.2) is 0 Å². The number of rotatable bonds is 3. The molecule has 0 atom stereocenters. The molecule has 0 bridgehead atoms. The van der Waals surface area contributed by atoms with Crippen LogP contribution in [0.3, 0.4) is 0 Å². The molecule has 0 spiro atoms. The molecule has 54 valence electrons. The van der Waals surface area contributed by atoms with Crippen molar-refractivity contribution < 1.29 is 4.79 Å². The van der Waals surface area contributed by atoms with Gasteiger partial charge in [0.1, 0.15) is 0 Å². The lowest BCUT2D eigenvalue weighted by Crippen LogP contribution is -2.17. The number of carbonyl (C=O) groups is 1. The summed E-state index contributed by atoms with van der Waals surface area (Å²) >= 11 is 0. The largest absolute Gasteiger partial charge is 0.359 e. The molecule has 0 unspecified atom stereocenters. The van der Waals surface area contributed by atoms with Gasteiger partial charge in [0.25, 0.3) is 0 Å². The number of hydrogen-bond donors (Lipinski definition) is 1. The second-order valence-corrected chi connectivity index (χ2v) is 2.61. The van der Waals surface area contributed by atoms with Crippen LogP contribution in [0.4, 0.5) is 0 Å². The first kappa shape index (κ1) is 8.47. The molecule has 2 heteroatoms. The second-order valence-electron chi connectivity index (χ2n) is 2.61. The minimum absolute atomic E-state index is 0.142. The smallest absolute Gasteiger partial charge is 0.219 e. The third-order valence-corrected chi connectivity index (χ3v) is 1.23. The van der Waals surface area contributed by atoms with Crippen LogP contribution in [0, 0.1) is 5.92 Å². The topological polar surface area (TPSA) is 29.1 Å². The zero-order valence-electron chi connectivity index (χ0n) is 6.40. The Morgan fingerprint density at radius 3 is 2.44 bits per heavy atom. The first-order valence-corrected chi connectivity index (χ1v) is 3.37. The van der Waals surface area contributed by atoms with Gasteiger partial charge in [0, 0.05) is 13.5 Å². The van der Waals surface area contributed by atoms with Gasteiger partial charge in [0.2, 0.25) is 5.91 Å². The average molecular weight is 129 g/mol. The number of amides is 1. The fourth-order valence-electron chi connectivity index (χ4n) is 0.545. The second kappa shape index (κ2) is 4.36. The van der Waals surface area contributed by atoms with Gasteiger partial charge in [-0.2, -0.15) is 0 Å². The van der Waals surface area contributed by atoms with E-state index in [0.29, 0.717) is 12.3 Å². The molecule has 0 aromatic carbocycles. The van der Waals surface area contributed by atoms with Crippen molar-refractivity contribution in [1.29, 1.82) is 0 Å². The number of nitrogens with one attached hydrogen (secondary N) is 1. The number of hydrogen-bond acceptors (Lipinski definition) is 1. The van der Waals surface area contributed by atoms with E-state index in [1.54, 1.807) is 7.05 Å². The monoisotopic (exact) mass is 129 g/mol. The van der Waals surface area contributed by atoms with Crippen LogP contribution in [0.15, 0.2) is 0 Å². The lowest BCUT2D eigenvalue weighted by molar-refractivity contribution is -0.120. The summed E-state index contributed by atoms with van der Waals surface area (Å²) in [5.41, 5.74) is 0. The van der Waals surface area contributed by atoms with Crippen molar-refractivity contribution in [3.63, 3.8) is 0 Å². The highest BCUT2D eigenvalue weighted by atomic mass is 16.1. The van der Waals surface area contributed by atoms with Crippen LogP contribution < -0.4 is 5.32 Å². The standard InChI is InChI=1S/C7H15NO/c1-6(2)4-5-7(9)8-3/h6H,4-5H2,1-3H3,(H,8,9). The van der Waals surface area contributed by atoms with E-state index in [1.165, 1.54) is 0 Å². The molecule has 0 aliphatic carbocycles. The summed E-state index contributed by atoms with van der Waals surface area (Å²) < 4.78 is 0. The van der Waals surface area contributed by atoms with Crippen LogP contribution in [-0.4, -0.2) is 13.0 Å². The SMILES string of the molecule is CNC(=O)CCC(C)C. The summed E-state index contributed by atoms with van der Waals surface area (Å²) in [5.74, 6) is 0.769. The zero-order valence-corrected chi connectivity index (χ0v) is 6.40. The predicted octanol–water partition coefficient (Wildman–Crippen LogP) is 1.17. The average Bonchev–Trinajstić information content (AvgIpc) is 1.83. The molecule has 2 nitrogen and oxygen atoms in total. The third kappa shape index (κ3) is 5.34. The van der Waals surface area contributed by atoms with Crippen molar-refractivity contribution in [2.24, 2.45) is 5.92 Å². The fourth-order valence-corrected chi connectivity index (χ4v) is 0.545. The summed E-state index contributed by atoms with van der Waals surface area (Å²) in [6, 6.07) is 0. The molecular formula is C7H15NO. The Kier molecular flexibility index (Phi) is 4.10. The molecule has 0 aliphatic rings. The highest BCUT2D eigenvalue weighted by molar-refractivity contribution is 5.75. The minimum Gasteiger partial charge on any atom is -0.359 e. The molecule has 9 heavy (non-hydrogen) atoms. The van der Waals surface area contributed by atoms with Crippen molar-refractivity contribution in [1.82, 2.24) is 5.32 Å². The molecule has 0 aromatic heterocycles. The van der Waals surface area contributed by atoms with Gasteiger partial charge in [0.15, 0.2) is 0 Å². The van der Waals surface area contributed by atoms with E-state index in [1.807, 2.05) is 0 Å². The fraction of sp³-hybridized carbons (Fsp3) is 0.857. The van der Waals surface area contributed by atoms with Gasteiger partial charge in [0.05, 0.1) is 0 Å². The first-order chi connectivity index (χ1) is 4.16. The van der Waals surface area contributed by atoms with Gasteiger partial charge in [-0.15, -0.1) is 0 Å². The molecule has 0 aromatic rings. The summed E-state index contributed by atoms with van der Waals surface area (Å²) in [6.07, 6.45) is 1.65. The normalized spacial score (nSPS) is 9.78. The minimum atomic E-state index is 0.142. The van der Waals surface area contributed by atoms with Crippen LogP contribution in [0.1, 0.15) is 26.7 Å². The Bertz CT molecular complexity index is 88.9. The maximum atomic E-state index is 10.6. The van der Waals surface area contributed by atoms with E-state index in [0.717, 1.165) is 6.42 Å².